The van der Waals surface area contributed by atoms with Crippen LogP contribution in [0.4, 0.5) is 0 Å². The van der Waals surface area contributed by atoms with Gasteiger partial charge in [0.2, 0.25) is 0 Å². The second-order valence-corrected chi connectivity index (χ2v) is 5.66. The largest absolute Gasteiger partial charge is 0.491 e. The minimum atomic E-state index is 0.123. The van der Waals surface area contributed by atoms with Gasteiger partial charge in [0.15, 0.2) is 0 Å². The molecule has 0 heterocycles. The fourth-order valence-electron chi connectivity index (χ4n) is 1.75. The summed E-state index contributed by atoms with van der Waals surface area (Å²) < 4.78 is 12.3. The molecule has 0 aromatic heterocycles. The highest BCUT2D eigenvalue weighted by atomic mass is 79.9. The van der Waals surface area contributed by atoms with Gasteiger partial charge in [0.1, 0.15) is 12.4 Å². The van der Waals surface area contributed by atoms with Crippen molar-refractivity contribution in [2.75, 3.05) is 19.8 Å². The average Bonchev–Trinajstić information content (AvgIpc) is 2.35. The third-order valence-corrected chi connectivity index (χ3v) is 3.19. The van der Waals surface area contributed by atoms with Crippen LogP contribution in [-0.2, 0) is 11.2 Å². The molecule has 1 aromatic rings. The Morgan fingerprint density at radius 1 is 1.26 bits per heavy atom. The maximum Gasteiger partial charge on any atom is 0.122 e. The summed E-state index contributed by atoms with van der Waals surface area (Å²) in [7, 11) is 0. The molecule has 3 nitrogen and oxygen atoms in total. The van der Waals surface area contributed by atoms with Crippen molar-refractivity contribution in [1.82, 2.24) is 0 Å². The molecule has 1 rings (SSSR count). The van der Waals surface area contributed by atoms with Crippen LogP contribution in [0, 0.1) is 0 Å². The van der Waals surface area contributed by atoms with Crippen LogP contribution in [0.15, 0.2) is 22.7 Å². The maximum absolute atomic E-state index is 5.86. The highest BCUT2D eigenvalue weighted by Crippen LogP contribution is 2.24. The van der Waals surface area contributed by atoms with Gasteiger partial charge in [-0.15, -0.1) is 0 Å². The fraction of sp³-hybridized carbons (Fsp3) is 0.600. The zero-order valence-corrected chi connectivity index (χ0v) is 13.4. The lowest BCUT2D eigenvalue weighted by atomic mass is 10.1. The topological polar surface area (TPSA) is 44.5 Å². The van der Waals surface area contributed by atoms with E-state index in [4.69, 9.17) is 15.2 Å². The second kappa shape index (κ2) is 9.34. The summed E-state index contributed by atoms with van der Waals surface area (Å²) in [4.78, 5) is 0. The number of hydrogen-bond donors (Lipinski definition) is 1. The molecule has 0 bridgehead atoms. The monoisotopic (exact) mass is 329 g/mol. The summed E-state index contributed by atoms with van der Waals surface area (Å²) in [5.41, 5.74) is 6.99. The van der Waals surface area contributed by atoms with Crippen molar-refractivity contribution in [2.45, 2.75) is 39.2 Å². The molecule has 2 N–H and O–H groups in total. The highest BCUT2D eigenvalue weighted by Gasteiger charge is 2.07. The van der Waals surface area contributed by atoms with Gasteiger partial charge in [-0.2, -0.15) is 0 Å². The molecule has 108 valence electrons. The third kappa shape index (κ3) is 6.95. The molecule has 1 unspecified atom stereocenters. The zero-order valence-electron chi connectivity index (χ0n) is 11.8. The fourth-order valence-corrected chi connectivity index (χ4v) is 2.16. The van der Waals surface area contributed by atoms with Crippen molar-refractivity contribution >= 4 is 15.9 Å². The van der Waals surface area contributed by atoms with Crippen LogP contribution in [0.25, 0.3) is 0 Å². The van der Waals surface area contributed by atoms with Gasteiger partial charge in [0.25, 0.3) is 0 Å². The van der Waals surface area contributed by atoms with E-state index < -0.39 is 0 Å². The Kier molecular flexibility index (Phi) is 8.10. The Hall–Kier alpha value is -0.580. The molecule has 0 saturated heterocycles. The summed E-state index contributed by atoms with van der Waals surface area (Å²) in [6.45, 7) is 6.18. The Morgan fingerprint density at radius 3 is 2.74 bits per heavy atom. The van der Waals surface area contributed by atoms with Crippen LogP contribution in [0.1, 0.15) is 32.3 Å². The van der Waals surface area contributed by atoms with E-state index in [2.05, 4.69) is 28.9 Å². The molecule has 1 aromatic carbocycles. The van der Waals surface area contributed by atoms with Gasteiger partial charge in [-0.05, 0) is 43.5 Å². The molecule has 0 saturated carbocycles. The first-order valence-corrected chi connectivity index (χ1v) is 7.67. The first kappa shape index (κ1) is 16.5. The van der Waals surface area contributed by atoms with Crippen molar-refractivity contribution in [3.63, 3.8) is 0 Å². The molecule has 0 amide bonds. The van der Waals surface area contributed by atoms with E-state index in [-0.39, 0.29) is 6.04 Å². The predicted octanol–water partition coefficient (Wildman–Crippen LogP) is 3.53. The smallest absolute Gasteiger partial charge is 0.122 e. The van der Waals surface area contributed by atoms with Gasteiger partial charge in [-0.25, -0.2) is 0 Å². The van der Waals surface area contributed by atoms with E-state index in [0.29, 0.717) is 13.2 Å². The molecule has 0 aliphatic heterocycles. The van der Waals surface area contributed by atoms with Crippen molar-refractivity contribution < 1.29 is 9.47 Å². The van der Waals surface area contributed by atoms with Gasteiger partial charge in [0.05, 0.1) is 6.61 Å². The predicted molar refractivity (Wildman–Crippen MR) is 82.7 cm³/mol. The SMILES string of the molecule is CCCCOCCOc1ccc(Br)cc1CC(C)N. The average molecular weight is 330 g/mol. The van der Waals surface area contributed by atoms with Crippen molar-refractivity contribution in [3.05, 3.63) is 28.2 Å². The first-order valence-electron chi connectivity index (χ1n) is 6.88. The summed E-state index contributed by atoms with van der Waals surface area (Å²) in [6, 6.07) is 6.15. The maximum atomic E-state index is 5.86. The lowest BCUT2D eigenvalue weighted by Gasteiger charge is -2.13. The molecule has 1 atom stereocenters. The van der Waals surface area contributed by atoms with Gasteiger partial charge in [0, 0.05) is 17.1 Å². The zero-order chi connectivity index (χ0) is 14.1. The quantitative estimate of drug-likeness (QED) is 0.705. The van der Waals surface area contributed by atoms with Crippen LogP contribution >= 0.6 is 15.9 Å². The minimum absolute atomic E-state index is 0.123. The summed E-state index contributed by atoms with van der Waals surface area (Å²) in [5.74, 6) is 0.902. The van der Waals surface area contributed by atoms with Crippen molar-refractivity contribution in [3.8, 4) is 5.75 Å². The molecule has 0 radical (unpaired) electrons. The van der Waals surface area contributed by atoms with E-state index in [1.807, 2.05) is 19.1 Å². The second-order valence-electron chi connectivity index (χ2n) is 4.75. The van der Waals surface area contributed by atoms with Crippen LogP contribution in [0.3, 0.4) is 0 Å². The summed E-state index contributed by atoms with van der Waals surface area (Å²) >= 11 is 3.48. The summed E-state index contributed by atoms with van der Waals surface area (Å²) in [6.07, 6.45) is 3.08. The van der Waals surface area contributed by atoms with Gasteiger partial charge in [-0.1, -0.05) is 29.3 Å². The molecule has 0 aliphatic rings. The Balaban J connectivity index is 2.43. The number of ether oxygens (including phenoxy) is 2. The van der Waals surface area contributed by atoms with Crippen LogP contribution in [0.2, 0.25) is 0 Å². The van der Waals surface area contributed by atoms with Crippen molar-refractivity contribution in [2.24, 2.45) is 5.73 Å². The van der Waals surface area contributed by atoms with Crippen LogP contribution in [0.5, 0.6) is 5.75 Å². The number of halogens is 1. The normalized spacial score (nSPS) is 12.4. The standard InChI is InChI=1S/C15H24BrNO2/c1-3-4-7-18-8-9-19-15-6-5-14(16)11-13(15)10-12(2)17/h5-6,11-12H,3-4,7-10,17H2,1-2H3. The lowest BCUT2D eigenvalue weighted by molar-refractivity contribution is 0.0977. The number of unbranched alkanes of at least 4 members (excludes halogenated alkanes) is 1. The van der Waals surface area contributed by atoms with Gasteiger partial charge in [-0.3, -0.25) is 0 Å². The number of hydrogen-bond acceptors (Lipinski definition) is 3. The highest BCUT2D eigenvalue weighted by molar-refractivity contribution is 9.10. The van der Waals surface area contributed by atoms with E-state index in [0.717, 1.165) is 41.7 Å². The molecule has 0 aliphatic carbocycles. The van der Waals surface area contributed by atoms with Crippen molar-refractivity contribution in [1.29, 1.82) is 0 Å². The number of rotatable bonds is 9. The molecular weight excluding hydrogens is 306 g/mol. The molecule has 0 fully saturated rings. The Bertz CT molecular complexity index is 369. The van der Waals surface area contributed by atoms with Crippen LogP contribution in [-0.4, -0.2) is 25.9 Å². The Labute approximate surface area is 124 Å². The van der Waals surface area contributed by atoms with E-state index >= 15 is 0 Å². The van der Waals surface area contributed by atoms with Gasteiger partial charge < -0.3 is 15.2 Å². The van der Waals surface area contributed by atoms with E-state index in [9.17, 15) is 0 Å². The first-order chi connectivity index (χ1) is 9.13. The number of benzene rings is 1. The molecule has 0 spiro atoms. The molecular formula is C15H24BrNO2. The number of nitrogens with two attached hydrogens (primary N) is 1. The third-order valence-electron chi connectivity index (χ3n) is 2.69. The van der Waals surface area contributed by atoms with E-state index in [1.165, 1.54) is 0 Å². The van der Waals surface area contributed by atoms with E-state index in [1.54, 1.807) is 0 Å². The van der Waals surface area contributed by atoms with Crippen LogP contribution < -0.4 is 10.5 Å². The molecule has 19 heavy (non-hydrogen) atoms. The lowest BCUT2D eigenvalue weighted by Crippen LogP contribution is -2.18. The van der Waals surface area contributed by atoms with Gasteiger partial charge >= 0.3 is 0 Å². The summed E-state index contributed by atoms with van der Waals surface area (Å²) in [5, 5.41) is 0. The molecule has 4 heteroatoms. The Morgan fingerprint density at radius 2 is 2.05 bits per heavy atom. The minimum Gasteiger partial charge on any atom is -0.491 e.